The van der Waals surface area contributed by atoms with E-state index in [1.807, 2.05) is 26.8 Å². The Kier molecular flexibility index (Phi) is 5.95. The fourth-order valence-corrected chi connectivity index (χ4v) is 3.64. The average molecular weight is 364 g/mol. The van der Waals surface area contributed by atoms with Gasteiger partial charge in [-0.1, -0.05) is 25.6 Å². The number of carbonyl (C=O) groups is 2. The summed E-state index contributed by atoms with van der Waals surface area (Å²) in [6.45, 7) is 7.76. The molecule has 0 bridgehead atoms. The highest BCUT2D eigenvalue weighted by Crippen LogP contribution is 2.27. The minimum atomic E-state index is -0.556. The number of anilines is 1. The standard InChI is InChI=1S/C16H20N4O2S2/c1-8(2)14-18-9(3)7-12(19-14)24-10(4)15(22)20-16-11(13(17)21)5-6-23-16/h5-8,10H,1-4H3,(H2,17,21)(H,20,22). The van der Waals surface area contributed by atoms with Gasteiger partial charge in [-0.05, 0) is 31.4 Å². The first kappa shape index (κ1) is 18.4. The zero-order chi connectivity index (χ0) is 17.9. The van der Waals surface area contributed by atoms with Crippen LogP contribution in [0.3, 0.4) is 0 Å². The van der Waals surface area contributed by atoms with Crippen LogP contribution in [0.2, 0.25) is 0 Å². The number of amides is 2. The van der Waals surface area contributed by atoms with E-state index in [1.165, 1.54) is 23.1 Å². The van der Waals surface area contributed by atoms with Gasteiger partial charge in [-0.2, -0.15) is 0 Å². The number of aromatic nitrogens is 2. The Hall–Kier alpha value is -1.93. The number of nitrogens with one attached hydrogen (secondary N) is 1. The summed E-state index contributed by atoms with van der Waals surface area (Å²) in [5, 5.41) is 5.34. The Labute approximate surface area is 149 Å². The van der Waals surface area contributed by atoms with E-state index in [9.17, 15) is 9.59 Å². The summed E-state index contributed by atoms with van der Waals surface area (Å²) >= 11 is 2.63. The number of hydrogen-bond acceptors (Lipinski definition) is 6. The zero-order valence-corrected chi connectivity index (χ0v) is 15.6. The van der Waals surface area contributed by atoms with Crippen molar-refractivity contribution in [3.05, 3.63) is 34.6 Å². The molecule has 2 aromatic heterocycles. The van der Waals surface area contributed by atoms with Gasteiger partial charge in [0.25, 0.3) is 5.91 Å². The highest BCUT2D eigenvalue weighted by Gasteiger charge is 2.19. The van der Waals surface area contributed by atoms with E-state index in [4.69, 9.17) is 5.73 Å². The highest BCUT2D eigenvalue weighted by molar-refractivity contribution is 8.00. The number of rotatable bonds is 6. The van der Waals surface area contributed by atoms with Crippen LogP contribution in [0.25, 0.3) is 0 Å². The lowest BCUT2D eigenvalue weighted by Crippen LogP contribution is -2.24. The SMILES string of the molecule is Cc1cc(SC(C)C(=O)Nc2sccc2C(N)=O)nc(C(C)C)n1. The normalized spacial score (nSPS) is 12.2. The molecule has 0 aromatic carbocycles. The number of nitrogens with two attached hydrogens (primary N) is 1. The van der Waals surface area contributed by atoms with Crippen molar-refractivity contribution in [2.24, 2.45) is 5.73 Å². The van der Waals surface area contributed by atoms with Gasteiger partial charge in [-0.3, -0.25) is 9.59 Å². The predicted molar refractivity (Wildman–Crippen MR) is 97.6 cm³/mol. The number of primary amides is 1. The minimum Gasteiger partial charge on any atom is -0.366 e. The molecule has 0 spiro atoms. The van der Waals surface area contributed by atoms with Crippen molar-refractivity contribution < 1.29 is 9.59 Å². The van der Waals surface area contributed by atoms with Crippen molar-refractivity contribution in [2.75, 3.05) is 5.32 Å². The number of nitrogens with zero attached hydrogens (tertiary/aromatic N) is 2. The molecule has 8 heteroatoms. The summed E-state index contributed by atoms with van der Waals surface area (Å²) in [4.78, 5) is 32.6. The molecule has 0 fully saturated rings. The van der Waals surface area contributed by atoms with E-state index in [0.29, 0.717) is 10.6 Å². The topological polar surface area (TPSA) is 98.0 Å². The predicted octanol–water partition coefficient (Wildman–Crippen LogP) is 3.19. The first-order valence-electron chi connectivity index (χ1n) is 7.48. The molecular formula is C16H20N4O2S2. The van der Waals surface area contributed by atoms with Crippen molar-refractivity contribution in [1.82, 2.24) is 9.97 Å². The van der Waals surface area contributed by atoms with Crippen LogP contribution in [0.5, 0.6) is 0 Å². The number of thioether (sulfide) groups is 1. The maximum Gasteiger partial charge on any atom is 0.251 e. The van der Waals surface area contributed by atoms with Gasteiger partial charge in [0.2, 0.25) is 5.91 Å². The van der Waals surface area contributed by atoms with E-state index in [2.05, 4.69) is 15.3 Å². The summed E-state index contributed by atoms with van der Waals surface area (Å²) < 4.78 is 0. The molecule has 3 N–H and O–H groups in total. The Balaban J connectivity index is 2.09. The molecule has 0 saturated heterocycles. The lowest BCUT2D eigenvalue weighted by Gasteiger charge is -2.13. The van der Waals surface area contributed by atoms with Crippen LogP contribution in [0.15, 0.2) is 22.5 Å². The zero-order valence-electron chi connectivity index (χ0n) is 14.0. The minimum absolute atomic E-state index is 0.202. The van der Waals surface area contributed by atoms with Gasteiger partial charge >= 0.3 is 0 Å². The molecule has 0 saturated carbocycles. The second-order valence-corrected chi connectivity index (χ2v) is 7.91. The molecule has 2 heterocycles. The third-order valence-corrected chi connectivity index (χ3v) is 5.05. The fraction of sp³-hybridized carbons (Fsp3) is 0.375. The first-order chi connectivity index (χ1) is 11.3. The van der Waals surface area contributed by atoms with Gasteiger partial charge in [0.15, 0.2) is 0 Å². The van der Waals surface area contributed by atoms with Crippen LogP contribution in [-0.4, -0.2) is 27.0 Å². The number of aryl methyl sites for hydroxylation is 1. The molecule has 1 atom stereocenters. The van der Waals surface area contributed by atoms with E-state index >= 15 is 0 Å². The van der Waals surface area contributed by atoms with Gasteiger partial charge in [-0.25, -0.2) is 9.97 Å². The third-order valence-electron chi connectivity index (χ3n) is 3.20. The Morgan fingerprint density at radius 1 is 1.29 bits per heavy atom. The number of thiophene rings is 1. The van der Waals surface area contributed by atoms with E-state index in [0.717, 1.165) is 16.5 Å². The molecule has 2 rings (SSSR count). The third kappa shape index (κ3) is 4.55. The number of hydrogen-bond donors (Lipinski definition) is 2. The monoisotopic (exact) mass is 364 g/mol. The largest absolute Gasteiger partial charge is 0.366 e. The number of carbonyl (C=O) groups excluding carboxylic acids is 2. The van der Waals surface area contributed by atoms with Crippen LogP contribution in [0.1, 0.15) is 48.6 Å². The molecule has 0 aliphatic heterocycles. The van der Waals surface area contributed by atoms with Crippen molar-refractivity contribution in [2.45, 2.75) is 43.9 Å². The van der Waals surface area contributed by atoms with Crippen LogP contribution in [-0.2, 0) is 4.79 Å². The van der Waals surface area contributed by atoms with Gasteiger partial charge in [0.1, 0.15) is 15.9 Å². The second-order valence-electron chi connectivity index (χ2n) is 5.64. The second kappa shape index (κ2) is 7.76. The van der Waals surface area contributed by atoms with Gasteiger partial charge in [0.05, 0.1) is 10.8 Å². The molecule has 6 nitrogen and oxygen atoms in total. The van der Waals surface area contributed by atoms with Gasteiger partial charge in [0, 0.05) is 11.6 Å². The van der Waals surface area contributed by atoms with Gasteiger partial charge < -0.3 is 11.1 Å². The maximum atomic E-state index is 12.4. The van der Waals surface area contributed by atoms with Crippen LogP contribution in [0.4, 0.5) is 5.00 Å². The summed E-state index contributed by atoms with van der Waals surface area (Å²) in [5.41, 5.74) is 6.49. The molecule has 128 valence electrons. The molecule has 0 aliphatic carbocycles. The van der Waals surface area contributed by atoms with Crippen molar-refractivity contribution >= 4 is 39.9 Å². The summed E-state index contributed by atoms with van der Waals surface area (Å²) in [5.74, 6) is 0.226. The molecule has 2 aromatic rings. The summed E-state index contributed by atoms with van der Waals surface area (Å²) in [6.07, 6.45) is 0. The lowest BCUT2D eigenvalue weighted by molar-refractivity contribution is -0.115. The van der Waals surface area contributed by atoms with Gasteiger partial charge in [-0.15, -0.1) is 11.3 Å². The lowest BCUT2D eigenvalue weighted by atomic mass is 10.2. The summed E-state index contributed by atoms with van der Waals surface area (Å²) in [7, 11) is 0. The highest BCUT2D eigenvalue weighted by atomic mass is 32.2. The van der Waals surface area contributed by atoms with Crippen molar-refractivity contribution in [3.8, 4) is 0 Å². The average Bonchev–Trinajstić information content (AvgIpc) is 2.94. The Morgan fingerprint density at radius 2 is 2.00 bits per heavy atom. The Bertz CT molecular complexity index is 758. The first-order valence-corrected chi connectivity index (χ1v) is 9.24. The maximum absolute atomic E-state index is 12.4. The van der Waals surface area contributed by atoms with E-state index < -0.39 is 5.91 Å². The van der Waals surface area contributed by atoms with E-state index in [1.54, 1.807) is 18.4 Å². The molecule has 1 unspecified atom stereocenters. The molecule has 0 radical (unpaired) electrons. The van der Waals surface area contributed by atoms with E-state index in [-0.39, 0.29) is 17.1 Å². The molecule has 0 aliphatic rings. The van der Waals surface area contributed by atoms with Crippen LogP contribution in [0, 0.1) is 6.92 Å². The quantitative estimate of drug-likeness (QED) is 0.606. The van der Waals surface area contributed by atoms with Crippen LogP contribution >= 0.6 is 23.1 Å². The smallest absolute Gasteiger partial charge is 0.251 e. The molecular weight excluding hydrogens is 344 g/mol. The molecule has 2 amide bonds. The van der Waals surface area contributed by atoms with Crippen molar-refractivity contribution in [1.29, 1.82) is 0 Å². The molecule has 24 heavy (non-hydrogen) atoms. The summed E-state index contributed by atoms with van der Waals surface area (Å²) in [6, 6.07) is 3.46. The fourth-order valence-electron chi connectivity index (χ4n) is 1.93. The van der Waals surface area contributed by atoms with Crippen molar-refractivity contribution in [3.63, 3.8) is 0 Å². The van der Waals surface area contributed by atoms with Crippen LogP contribution < -0.4 is 11.1 Å². The Morgan fingerprint density at radius 3 is 2.62 bits per heavy atom.